The normalized spacial score (nSPS) is 9.67. The summed E-state index contributed by atoms with van der Waals surface area (Å²) in [6.07, 6.45) is 0. The number of aliphatic hydroxyl groups excluding tert-OH is 1. The van der Waals surface area contributed by atoms with Crippen LogP contribution in [0.25, 0.3) is 0 Å². The number of carbonyl (C=O) groups excluding carboxylic acids is 1. The van der Waals surface area contributed by atoms with Gasteiger partial charge in [-0.3, -0.25) is 4.79 Å². The Hall–Kier alpha value is -2.28. The minimum atomic E-state index is -0.220. The van der Waals surface area contributed by atoms with E-state index in [0.717, 1.165) is 11.1 Å². The maximum atomic E-state index is 12.3. The van der Waals surface area contributed by atoms with E-state index in [0.29, 0.717) is 16.3 Å². The Morgan fingerprint density at radius 2 is 2.10 bits per heavy atom. The molecule has 21 heavy (non-hydrogen) atoms. The van der Waals surface area contributed by atoms with Crippen LogP contribution in [0.4, 0.5) is 5.69 Å². The zero-order valence-electron chi connectivity index (χ0n) is 11.5. The molecule has 0 atom stereocenters. The van der Waals surface area contributed by atoms with Crippen molar-refractivity contribution >= 4 is 23.2 Å². The maximum Gasteiger partial charge on any atom is 0.255 e. The molecule has 0 saturated carbocycles. The number of halogens is 1. The predicted molar refractivity (Wildman–Crippen MR) is 84.5 cm³/mol. The molecule has 0 aliphatic heterocycles. The minimum absolute atomic E-state index is 0.196. The fraction of sp³-hybridized carbons (Fsp3) is 0.118. The van der Waals surface area contributed by atoms with Crippen LogP contribution >= 0.6 is 11.6 Å². The van der Waals surface area contributed by atoms with E-state index in [1.165, 1.54) is 0 Å². The third-order valence-corrected chi connectivity index (χ3v) is 3.11. The quantitative estimate of drug-likeness (QED) is 0.836. The third-order valence-electron chi connectivity index (χ3n) is 2.88. The van der Waals surface area contributed by atoms with Crippen molar-refractivity contribution in [2.24, 2.45) is 0 Å². The molecule has 2 N–H and O–H groups in total. The predicted octanol–water partition coefficient (Wildman–Crippen LogP) is 3.24. The van der Waals surface area contributed by atoms with Crippen LogP contribution in [0.15, 0.2) is 42.5 Å². The third kappa shape index (κ3) is 4.09. The fourth-order valence-electron chi connectivity index (χ4n) is 1.85. The lowest BCUT2D eigenvalue weighted by Gasteiger charge is -2.08. The summed E-state index contributed by atoms with van der Waals surface area (Å²) in [5.41, 5.74) is 2.76. The number of hydrogen-bond donors (Lipinski definition) is 2. The van der Waals surface area contributed by atoms with Crippen molar-refractivity contribution in [2.45, 2.75) is 6.92 Å². The molecule has 0 bridgehead atoms. The van der Waals surface area contributed by atoms with Crippen molar-refractivity contribution in [3.05, 3.63) is 64.2 Å². The number of amides is 1. The highest BCUT2D eigenvalue weighted by atomic mass is 35.5. The first-order chi connectivity index (χ1) is 10.1. The first-order valence-electron chi connectivity index (χ1n) is 6.37. The maximum absolute atomic E-state index is 12.3. The van der Waals surface area contributed by atoms with Gasteiger partial charge in [0.05, 0.1) is 0 Å². The number of aryl methyl sites for hydroxylation is 1. The molecular formula is C17H14ClNO2. The van der Waals surface area contributed by atoms with Crippen LogP contribution in [-0.4, -0.2) is 17.6 Å². The van der Waals surface area contributed by atoms with Gasteiger partial charge in [-0.05, 0) is 42.8 Å². The lowest BCUT2D eigenvalue weighted by Crippen LogP contribution is -2.13. The standard InChI is InChI=1S/C17H14ClNO2/c1-12-7-8-14(18)11-16(12)17(21)19-15-6-2-4-13(10-15)5-3-9-20/h2,4,6-8,10-11,20H,9H2,1H3,(H,19,21). The molecule has 0 radical (unpaired) electrons. The van der Waals surface area contributed by atoms with Crippen LogP contribution in [0.2, 0.25) is 5.02 Å². The Labute approximate surface area is 128 Å². The summed E-state index contributed by atoms with van der Waals surface area (Å²) in [6, 6.07) is 12.3. The molecule has 0 saturated heterocycles. The van der Waals surface area contributed by atoms with Gasteiger partial charge in [0.1, 0.15) is 6.61 Å². The molecule has 3 nitrogen and oxygen atoms in total. The van der Waals surface area contributed by atoms with Gasteiger partial charge in [0.15, 0.2) is 0 Å². The lowest BCUT2D eigenvalue weighted by atomic mass is 10.1. The molecule has 4 heteroatoms. The van der Waals surface area contributed by atoms with Gasteiger partial charge in [-0.2, -0.15) is 0 Å². The zero-order chi connectivity index (χ0) is 15.2. The highest BCUT2D eigenvalue weighted by molar-refractivity contribution is 6.31. The minimum Gasteiger partial charge on any atom is -0.384 e. The van der Waals surface area contributed by atoms with Crippen molar-refractivity contribution in [2.75, 3.05) is 11.9 Å². The van der Waals surface area contributed by atoms with Crippen LogP contribution in [0, 0.1) is 18.8 Å². The first kappa shape index (κ1) is 15.1. The van der Waals surface area contributed by atoms with Crippen LogP contribution in [-0.2, 0) is 0 Å². The van der Waals surface area contributed by atoms with Crippen molar-refractivity contribution in [3.63, 3.8) is 0 Å². The van der Waals surface area contributed by atoms with Gasteiger partial charge in [-0.15, -0.1) is 0 Å². The smallest absolute Gasteiger partial charge is 0.255 e. The van der Waals surface area contributed by atoms with E-state index in [4.69, 9.17) is 16.7 Å². The number of hydrogen-bond acceptors (Lipinski definition) is 2. The molecule has 0 spiro atoms. The van der Waals surface area contributed by atoms with Gasteiger partial charge >= 0.3 is 0 Å². The SMILES string of the molecule is Cc1ccc(Cl)cc1C(=O)Nc1cccc(C#CCO)c1. The van der Waals surface area contributed by atoms with E-state index in [1.807, 2.05) is 13.0 Å². The van der Waals surface area contributed by atoms with Gasteiger partial charge in [-0.25, -0.2) is 0 Å². The number of rotatable bonds is 2. The number of benzene rings is 2. The monoisotopic (exact) mass is 299 g/mol. The average molecular weight is 300 g/mol. The summed E-state index contributed by atoms with van der Waals surface area (Å²) < 4.78 is 0. The molecule has 0 heterocycles. The summed E-state index contributed by atoms with van der Waals surface area (Å²) >= 11 is 5.92. The Bertz CT molecular complexity index is 729. The lowest BCUT2D eigenvalue weighted by molar-refractivity contribution is 0.102. The van der Waals surface area contributed by atoms with Crippen LogP contribution in [0.1, 0.15) is 21.5 Å². The largest absolute Gasteiger partial charge is 0.384 e. The van der Waals surface area contributed by atoms with E-state index >= 15 is 0 Å². The van der Waals surface area contributed by atoms with Crippen LogP contribution in [0.3, 0.4) is 0 Å². The molecule has 1 amide bonds. The highest BCUT2D eigenvalue weighted by Gasteiger charge is 2.10. The molecule has 2 aromatic rings. The molecule has 2 aromatic carbocycles. The highest BCUT2D eigenvalue weighted by Crippen LogP contribution is 2.18. The van der Waals surface area contributed by atoms with Crippen LogP contribution in [0.5, 0.6) is 0 Å². The number of anilines is 1. The summed E-state index contributed by atoms with van der Waals surface area (Å²) in [7, 11) is 0. The van der Waals surface area contributed by atoms with E-state index < -0.39 is 0 Å². The van der Waals surface area contributed by atoms with E-state index in [1.54, 1.807) is 36.4 Å². The molecule has 0 aromatic heterocycles. The van der Waals surface area contributed by atoms with Gasteiger partial charge in [0, 0.05) is 21.8 Å². The number of aliphatic hydroxyl groups is 1. The van der Waals surface area contributed by atoms with Crippen molar-refractivity contribution in [1.29, 1.82) is 0 Å². The molecule has 0 unspecified atom stereocenters. The summed E-state index contributed by atoms with van der Waals surface area (Å²) in [6.45, 7) is 1.66. The number of nitrogens with one attached hydrogen (secondary N) is 1. The molecule has 0 fully saturated rings. The summed E-state index contributed by atoms with van der Waals surface area (Å²) in [4.78, 5) is 12.3. The number of carbonyl (C=O) groups is 1. The summed E-state index contributed by atoms with van der Waals surface area (Å²) in [5.74, 6) is 5.14. The molecule has 106 valence electrons. The average Bonchev–Trinajstić information content (AvgIpc) is 2.48. The fourth-order valence-corrected chi connectivity index (χ4v) is 2.03. The van der Waals surface area contributed by atoms with Crippen molar-refractivity contribution in [1.82, 2.24) is 0 Å². The molecule has 2 rings (SSSR count). The Morgan fingerprint density at radius 1 is 1.29 bits per heavy atom. The topological polar surface area (TPSA) is 49.3 Å². The van der Waals surface area contributed by atoms with Gasteiger partial charge in [-0.1, -0.05) is 35.6 Å². The van der Waals surface area contributed by atoms with Crippen molar-refractivity contribution < 1.29 is 9.90 Å². The summed E-state index contributed by atoms with van der Waals surface area (Å²) in [5, 5.41) is 12.0. The zero-order valence-corrected chi connectivity index (χ0v) is 12.2. The van der Waals surface area contributed by atoms with Gasteiger partial charge < -0.3 is 10.4 Å². The second kappa shape index (κ2) is 6.94. The molecule has 0 aliphatic rings. The second-order valence-electron chi connectivity index (χ2n) is 4.45. The first-order valence-corrected chi connectivity index (χ1v) is 6.75. The molecule has 0 aliphatic carbocycles. The van der Waals surface area contributed by atoms with Gasteiger partial charge in [0.2, 0.25) is 0 Å². The molecular weight excluding hydrogens is 286 g/mol. The van der Waals surface area contributed by atoms with Crippen LogP contribution < -0.4 is 5.32 Å². The second-order valence-corrected chi connectivity index (χ2v) is 4.89. The Balaban J connectivity index is 2.21. The van der Waals surface area contributed by atoms with Gasteiger partial charge in [0.25, 0.3) is 5.91 Å². The van der Waals surface area contributed by atoms with E-state index in [-0.39, 0.29) is 12.5 Å². The van der Waals surface area contributed by atoms with E-state index in [9.17, 15) is 4.79 Å². The Morgan fingerprint density at radius 3 is 2.86 bits per heavy atom. The van der Waals surface area contributed by atoms with Crippen molar-refractivity contribution in [3.8, 4) is 11.8 Å². The Kier molecular flexibility index (Phi) is 4.99. The van der Waals surface area contributed by atoms with E-state index in [2.05, 4.69) is 17.2 Å².